The third-order valence-electron chi connectivity index (χ3n) is 4.05. The molecule has 0 aliphatic carbocycles. The van der Waals surface area contributed by atoms with Crippen LogP contribution in [0, 0.1) is 13.8 Å². The normalized spacial score (nSPS) is 11.8. The number of ether oxygens (including phenoxy) is 2. The molecule has 0 N–H and O–H groups in total. The molecule has 0 unspecified atom stereocenters. The third-order valence-corrected chi connectivity index (χ3v) is 4.64. The number of hydrogen-bond donors (Lipinski definition) is 0. The van der Waals surface area contributed by atoms with Crippen LogP contribution in [0.15, 0.2) is 36.4 Å². The summed E-state index contributed by atoms with van der Waals surface area (Å²) in [4.78, 5) is 14.3. The van der Waals surface area contributed by atoms with Crippen molar-refractivity contribution in [2.45, 2.75) is 33.4 Å². The first kappa shape index (κ1) is 19.1. The minimum atomic E-state index is -0.598. The lowest BCUT2D eigenvalue weighted by Crippen LogP contribution is -2.37. The van der Waals surface area contributed by atoms with E-state index in [4.69, 9.17) is 21.1 Å². The molecule has 134 valence electrons. The van der Waals surface area contributed by atoms with Crippen molar-refractivity contribution < 1.29 is 14.3 Å². The van der Waals surface area contributed by atoms with E-state index in [-0.39, 0.29) is 5.91 Å². The van der Waals surface area contributed by atoms with Gasteiger partial charge in [-0.15, -0.1) is 0 Å². The number of methoxy groups -OCH3 is 1. The Morgan fingerprint density at radius 3 is 2.40 bits per heavy atom. The second-order valence-electron chi connectivity index (χ2n) is 6.14. The van der Waals surface area contributed by atoms with Gasteiger partial charge in [0.2, 0.25) is 0 Å². The number of nitrogens with zero attached hydrogens (tertiary/aromatic N) is 1. The maximum Gasteiger partial charge on any atom is 0.263 e. The van der Waals surface area contributed by atoms with E-state index in [1.807, 2.05) is 50.2 Å². The maximum atomic E-state index is 12.6. The van der Waals surface area contributed by atoms with Gasteiger partial charge in [0.1, 0.15) is 11.5 Å². The predicted molar refractivity (Wildman–Crippen MR) is 100 cm³/mol. The fraction of sp³-hybridized carbons (Fsp3) is 0.350. The summed E-state index contributed by atoms with van der Waals surface area (Å²) in [6.45, 7) is 6.04. The predicted octanol–water partition coefficient (Wildman–Crippen LogP) is 4.39. The number of benzene rings is 2. The van der Waals surface area contributed by atoms with Crippen LogP contribution in [0.1, 0.15) is 23.6 Å². The zero-order chi connectivity index (χ0) is 18.6. The summed E-state index contributed by atoms with van der Waals surface area (Å²) in [6, 6.07) is 11.3. The van der Waals surface area contributed by atoms with Gasteiger partial charge in [-0.2, -0.15) is 0 Å². The molecule has 2 aromatic rings. The number of carbonyl (C=O) groups excluding carboxylic acids is 1. The van der Waals surface area contributed by atoms with Crippen LogP contribution < -0.4 is 9.47 Å². The molecule has 1 atom stereocenters. The number of aryl methyl sites for hydroxylation is 2. The van der Waals surface area contributed by atoms with E-state index in [9.17, 15) is 4.79 Å². The highest BCUT2D eigenvalue weighted by Crippen LogP contribution is 2.27. The van der Waals surface area contributed by atoms with E-state index in [1.54, 1.807) is 26.0 Å². The summed E-state index contributed by atoms with van der Waals surface area (Å²) in [5, 5.41) is 0.722. The van der Waals surface area contributed by atoms with E-state index >= 15 is 0 Å². The van der Waals surface area contributed by atoms with Gasteiger partial charge in [0.15, 0.2) is 6.10 Å². The second-order valence-corrected chi connectivity index (χ2v) is 6.52. The lowest BCUT2D eigenvalue weighted by Gasteiger charge is -2.23. The van der Waals surface area contributed by atoms with Crippen LogP contribution in [0.3, 0.4) is 0 Å². The Kier molecular flexibility index (Phi) is 6.32. The smallest absolute Gasteiger partial charge is 0.263 e. The molecule has 2 rings (SSSR count). The van der Waals surface area contributed by atoms with Crippen LogP contribution in [-0.4, -0.2) is 31.1 Å². The van der Waals surface area contributed by atoms with Crippen LogP contribution in [0.4, 0.5) is 0 Å². The van der Waals surface area contributed by atoms with E-state index in [2.05, 4.69) is 0 Å². The Labute approximate surface area is 154 Å². The van der Waals surface area contributed by atoms with Gasteiger partial charge in [-0.05, 0) is 50.1 Å². The largest absolute Gasteiger partial charge is 0.496 e. The van der Waals surface area contributed by atoms with Gasteiger partial charge in [-0.1, -0.05) is 29.8 Å². The molecule has 0 aliphatic rings. The topological polar surface area (TPSA) is 38.8 Å². The summed E-state index contributed by atoms with van der Waals surface area (Å²) >= 11 is 6.18. The number of rotatable bonds is 6. The molecule has 0 aromatic heterocycles. The molecule has 0 bridgehead atoms. The number of hydrogen-bond acceptors (Lipinski definition) is 3. The molecule has 0 heterocycles. The molecule has 0 aliphatic heterocycles. The van der Waals surface area contributed by atoms with Crippen LogP contribution in [0.2, 0.25) is 5.02 Å². The number of amides is 1. The summed E-state index contributed by atoms with van der Waals surface area (Å²) in [6.07, 6.45) is -0.598. The van der Waals surface area contributed by atoms with Crippen LogP contribution in [0.25, 0.3) is 0 Å². The number of para-hydroxylation sites is 1. The third kappa shape index (κ3) is 4.67. The maximum absolute atomic E-state index is 12.6. The number of likely N-dealkylation sites (N-methyl/N-ethyl adjacent to an activating group) is 1. The summed E-state index contributed by atoms with van der Waals surface area (Å²) in [5.41, 5.74) is 2.81. The molecule has 25 heavy (non-hydrogen) atoms. The minimum Gasteiger partial charge on any atom is -0.496 e. The standard InChI is InChI=1S/C20H24ClNO3/c1-13-10-17(11-14(2)19(13)21)25-15(3)20(23)22(4)12-16-8-6-7-9-18(16)24-5/h6-11,15H,12H2,1-5H3/t15-/m1/s1. The Hall–Kier alpha value is -2.20. The first-order valence-corrected chi connectivity index (χ1v) is 8.51. The monoisotopic (exact) mass is 361 g/mol. The highest BCUT2D eigenvalue weighted by atomic mass is 35.5. The average Bonchev–Trinajstić information content (AvgIpc) is 2.59. The molecule has 0 saturated carbocycles. The Morgan fingerprint density at radius 2 is 1.80 bits per heavy atom. The SMILES string of the molecule is COc1ccccc1CN(C)C(=O)[C@@H](C)Oc1cc(C)c(Cl)c(C)c1. The van der Waals surface area contributed by atoms with Gasteiger partial charge in [-0.3, -0.25) is 4.79 Å². The molecule has 4 nitrogen and oxygen atoms in total. The van der Waals surface area contributed by atoms with E-state index in [0.717, 1.165) is 27.5 Å². The van der Waals surface area contributed by atoms with Crippen molar-refractivity contribution in [1.29, 1.82) is 0 Å². The van der Waals surface area contributed by atoms with Crippen molar-refractivity contribution in [3.8, 4) is 11.5 Å². The van der Waals surface area contributed by atoms with Gasteiger partial charge in [-0.25, -0.2) is 0 Å². The van der Waals surface area contributed by atoms with Gasteiger partial charge in [0.25, 0.3) is 5.91 Å². The molecule has 1 amide bonds. The van der Waals surface area contributed by atoms with Crippen LogP contribution in [0.5, 0.6) is 11.5 Å². The molecule has 0 radical (unpaired) electrons. The highest BCUT2D eigenvalue weighted by molar-refractivity contribution is 6.32. The van der Waals surface area contributed by atoms with Crippen molar-refractivity contribution in [2.75, 3.05) is 14.2 Å². The van der Waals surface area contributed by atoms with Crippen molar-refractivity contribution >= 4 is 17.5 Å². The highest BCUT2D eigenvalue weighted by Gasteiger charge is 2.20. The Balaban J connectivity index is 2.06. The Morgan fingerprint density at radius 1 is 1.20 bits per heavy atom. The molecule has 0 spiro atoms. The summed E-state index contributed by atoms with van der Waals surface area (Å²) in [7, 11) is 3.38. The lowest BCUT2D eigenvalue weighted by atomic mass is 10.1. The molecule has 0 fully saturated rings. The van der Waals surface area contributed by atoms with Crippen molar-refractivity contribution in [1.82, 2.24) is 4.90 Å². The number of halogens is 1. The van der Waals surface area contributed by atoms with Gasteiger partial charge in [0.05, 0.1) is 7.11 Å². The van der Waals surface area contributed by atoms with E-state index in [0.29, 0.717) is 12.3 Å². The quantitative estimate of drug-likeness (QED) is 0.765. The molecule has 0 saturated heterocycles. The van der Waals surface area contributed by atoms with E-state index < -0.39 is 6.10 Å². The average molecular weight is 362 g/mol. The van der Waals surface area contributed by atoms with Gasteiger partial charge in [0, 0.05) is 24.2 Å². The first-order valence-electron chi connectivity index (χ1n) is 8.13. The first-order chi connectivity index (χ1) is 11.8. The van der Waals surface area contributed by atoms with E-state index in [1.165, 1.54) is 0 Å². The van der Waals surface area contributed by atoms with Crippen LogP contribution >= 0.6 is 11.6 Å². The summed E-state index contributed by atoms with van der Waals surface area (Å²) < 4.78 is 11.2. The summed E-state index contributed by atoms with van der Waals surface area (Å²) in [5.74, 6) is 1.31. The second kappa shape index (κ2) is 8.26. The molecular formula is C20H24ClNO3. The minimum absolute atomic E-state index is 0.101. The van der Waals surface area contributed by atoms with Crippen molar-refractivity contribution in [3.63, 3.8) is 0 Å². The molecule has 2 aromatic carbocycles. The fourth-order valence-electron chi connectivity index (χ4n) is 2.71. The molecular weight excluding hydrogens is 338 g/mol. The van der Waals surface area contributed by atoms with Crippen molar-refractivity contribution in [2.24, 2.45) is 0 Å². The number of carbonyl (C=O) groups is 1. The van der Waals surface area contributed by atoms with Crippen molar-refractivity contribution in [3.05, 3.63) is 58.1 Å². The zero-order valence-corrected chi connectivity index (χ0v) is 16.1. The van der Waals surface area contributed by atoms with Gasteiger partial charge < -0.3 is 14.4 Å². The lowest BCUT2D eigenvalue weighted by molar-refractivity contribution is -0.137. The fourth-order valence-corrected chi connectivity index (χ4v) is 2.82. The van der Waals surface area contributed by atoms with Gasteiger partial charge >= 0.3 is 0 Å². The van der Waals surface area contributed by atoms with Crippen LogP contribution in [-0.2, 0) is 11.3 Å². The Bertz CT molecular complexity index is 737. The zero-order valence-electron chi connectivity index (χ0n) is 15.3. The molecule has 5 heteroatoms.